The quantitative estimate of drug-likeness (QED) is 0.922. The summed E-state index contributed by atoms with van der Waals surface area (Å²) in [5.41, 5.74) is 7.90. The van der Waals surface area contributed by atoms with Crippen LogP contribution in [0.4, 0.5) is 5.95 Å². The van der Waals surface area contributed by atoms with E-state index < -0.39 is 0 Å². The molecule has 0 spiro atoms. The molecule has 0 radical (unpaired) electrons. The van der Waals surface area contributed by atoms with Gasteiger partial charge in [-0.1, -0.05) is 11.6 Å². The van der Waals surface area contributed by atoms with Crippen LogP contribution >= 0.6 is 11.6 Å². The third-order valence-corrected chi connectivity index (χ3v) is 3.82. The molecule has 0 amide bonds. The third kappa shape index (κ3) is 2.18. The maximum atomic E-state index is 5.97. The third-order valence-electron chi connectivity index (χ3n) is 3.59. The first-order valence-electron chi connectivity index (χ1n) is 6.26. The molecule has 1 aromatic carbocycles. The summed E-state index contributed by atoms with van der Waals surface area (Å²) in [7, 11) is 2.17. The summed E-state index contributed by atoms with van der Waals surface area (Å²) in [6.45, 7) is 1.87. The van der Waals surface area contributed by atoms with Crippen molar-refractivity contribution in [1.82, 2.24) is 14.5 Å². The van der Waals surface area contributed by atoms with Gasteiger partial charge in [0.05, 0.1) is 11.0 Å². The Morgan fingerprint density at radius 3 is 3.00 bits per heavy atom. The van der Waals surface area contributed by atoms with Crippen molar-refractivity contribution in [2.24, 2.45) is 0 Å². The molecule has 0 saturated heterocycles. The molecule has 18 heavy (non-hydrogen) atoms. The minimum absolute atomic E-state index is 0.566. The highest BCUT2D eigenvalue weighted by atomic mass is 35.5. The van der Waals surface area contributed by atoms with Gasteiger partial charge in [0.2, 0.25) is 5.95 Å². The van der Waals surface area contributed by atoms with Crippen LogP contribution in [-0.2, 0) is 6.54 Å². The number of hydrogen-bond donors (Lipinski definition) is 1. The molecule has 96 valence electrons. The summed E-state index contributed by atoms with van der Waals surface area (Å²) >= 11 is 5.96. The normalized spacial score (nSPS) is 15.7. The molecule has 1 aliphatic rings. The van der Waals surface area contributed by atoms with Gasteiger partial charge in [0.15, 0.2) is 0 Å². The fourth-order valence-electron chi connectivity index (χ4n) is 2.31. The van der Waals surface area contributed by atoms with Crippen molar-refractivity contribution in [3.63, 3.8) is 0 Å². The van der Waals surface area contributed by atoms with Crippen molar-refractivity contribution in [2.45, 2.75) is 25.4 Å². The standard InChI is InChI=1S/C13H17ClN4/c1-17(10-3-4-10)6-7-18-12-5-2-9(14)8-11(12)16-13(18)15/h2,5,8,10H,3-4,6-7H2,1H3,(H2,15,16). The minimum Gasteiger partial charge on any atom is -0.369 e. The predicted octanol–water partition coefficient (Wildman–Crippen LogP) is 2.37. The van der Waals surface area contributed by atoms with Crippen LogP contribution < -0.4 is 5.73 Å². The minimum atomic E-state index is 0.566. The van der Waals surface area contributed by atoms with E-state index in [2.05, 4.69) is 21.5 Å². The van der Waals surface area contributed by atoms with E-state index in [0.717, 1.165) is 30.2 Å². The van der Waals surface area contributed by atoms with Gasteiger partial charge in [-0.2, -0.15) is 0 Å². The van der Waals surface area contributed by atoms with Crippen LogP contribution in [0.5, 0.6) is 0 Å². The molecule has 1 fully saturated rings. The van der Waals surface area contributed by atoms with E-state index in [9.17, 15) is 0 Å². The van der Waals surface area contributed by atoms with Crippen LogP contribution in [0.1, 0.15) is 12.8 Å². The molecule has 2 N–H and O–H groups in total. The summed E-state index contributed by atoms with van der Waals surface area (Å²) in [5, 5.41) is 0.697. The van der Waals surface area contributed by atoms with Gasteiger partial charge in [-0.3, -0.25) is 0 Å². The van der Waals surface area contributed by atoms with Gasteiger partial charge in [-0.15, -0.1) is 0 Å². The Labute approximate surface area is 111 Å². The number of anilines is 1. The van der Waals surface area contributed by atoms with E-state index in [1.54, 1.807) is 0 Å². The highest BCUT2D eigenvalue weighted by molar-refractivity contribution is 6.31. The predicted molar refractivity (Wildman–Crippen MR) is 74.8 cm³/mol. The maximum Gasteiger partial charge on any atom is 0.201 e. The first-order chi connectivity index (χ1) is 8.65. The van der Waals surface area contributed by atoms with E-state index in [0.29, 0.717) is 11.0 Å². The average Bonchev–Trinajstić information content (AvgIpc) is 3.11. The van der Waals surface area contributed by atoms with Crippen molar-refractivity contribution in [3.8, 4) is 0 Å². The molecule has 1 heterocycles. The average molecular weight is 265 g/mol. The van der Waals surface area contributed by atoms with E-state index >= 15 is 0 Å². The molecule has 0 aliphatic heterocycles. The summed E-state index contributed by atoms with van der Waals surface area (Å²) in [5.74, 6) is 0.566. The van der Waals surface area contributed by atoms with E-state index in [1.807, 2.05) is 18.2 Å². The molecule has 1 aromatic heterocycles. The molecule has 0 atom stereocenters. The smallest absolute Gasteiger partial charge is 0.201 e. The van der Waals surface area contributed by atoms with Gasteiger partial charge in [-0.05, 0) is 38.1 Å². The lowest BCUT2D eigenvalue weighted by molar-refractivity contribution is 0.311. The fourth-order valence-corrected chi connectivity index (χ4v) is 2.48. The number of halogens is 1. The van der Waals surface area contributed by atoms with Gasteiger partial charge in [-0.25, -0.2) is 4.98 Å². The van der Waals surface area contributed by atoms with Crippen LogP contribution in [0.2, 0.25) is 5.02 Å². The molecular formula is C13H17ClN4. The molecule has 1 aliphatic carbocycles. The van der Waals surface area contributed by atoms with Gasteiger partial charge in [0, 0.05) is 24.2 Å². The zero-order valence-corrected chi connectivity index (χ0v) is 11.2. The zero-order valence-electron chi connectivity index (χ0n) is 10.4. The largest absolute Gasteiger partial charge is 0.369 e. The molecule has 0 bridgehead atoms. The Morgan fingerprint density at radius 2 is 2.28 bits per heavy atom. The Morgan fingerprint density at radius 1 is 1.50 bits per heavy atom. The van der Waals surface area contributed by atoms with Gasteiger partial charge in [0.1, 0.15) is 0 Å². The maximum absolute atomic E-state index is 5.97. The van der Waals surface area contributed by atoms with Gasteiger partial charge < -0.3 is 15.2 Å². The number of benzene rings is 1. The zero-order chi connectivity index (χ0) is 12.7. The summed E-state index contributed by atoms with van der Waals surface area (Å²) < 4.78 is 2.06. The van der Waals surface area contributed by atoms with Crippen LogP contribution in [0, 0.1) is 0 Å². The first-order valence-corrected chi connectivity index (χ1v) is 6.64. The van der Waals surface area contributed by atoms with Crippen LogP contribution in [0.25, 0.3) is 11.0 Å². The molecule has 5 heteroatoms. The molecule has 2 aromatic rings. The van der Waals surface area contributed by atoms with E-state index in [4.69, 9.17) is 17.3 Å². The number of hydrogen-bond acceptors (Lipinski definition) is 3. The number of fused-ring (bicyclic) bond motifs is 1. The second kappa shape index (κ2) is 4.44. The Balaban J connectivity index is 1.83. The van der Waals surface area contributed by atoms with Crippen molar-refractivity contribution in [1.29, 1.82) is 0 Å². The number of aromatic nitrogens is 2. The number of likely N-dealkylation sites (N-methyl/N-ethyl adjacent to an activating group) is 1. The number of rotatable bonds is 4. The second-order valence-corrected chi connectivity index (χ2v) is 5.40. The van der Waals surface area contributed by atoms with Gasteiger partial charge in [0.25, 0.3) is 0 Å². The van der Waals surface area contributed by atoms with Crippen molar-refractivity contribution in [2.75, 3.05) is 19.3 Å². The highest BCUT2D eigenvalue weighted by Crippen LogP contribution is 2.26. The number of imidazole rings is 1. The lowest BCUT2D eigenvalue weighted by atomic mass is 10.3. The van der Waals surface area contributed by atoms with Crippen molar-refractivity contribution >= 4 is 28.6 Å². The summed E-state index contributed by atoms with van der Waals surface area (Å²) in [4.78, 5) is 6.74. The second-order valence-electron chi connectivity index (χ2n) is 4.97. The summed E-state index contributed by atoms with van der Waals surface area (Å²) in [6, 6.07) is 6.49. The van der Waals surface area contributed by atoms with Crippen LogP contribution in [0.15, 0.2) is 18.2 Å². The molecular weight excluding hydrogens is 248 g/mol. The SMILES string of the molecule is CN(CCn1c(N)nc2cc(Cl)ccc21)C1CC1. The van der Waals surface area contributed by atoms with Crippen molar-refractivity contribution in [3.05, 3.63) is 23.2 Å². The molecule has 4 nitrogen and oxygen atoms in total. The number of nitrogens with zero attached hydrogens (tertiary/aromatic N) is 3. The fraction of sp³-hybridized carbons (Fsp3) is 0.462. The number of nitrogens with two attached hydrogens (primary N) is 1. The van der Waals surface area contributed by atoms with Gasteiger partial charge >= 0.3 is 0 Å². The Hall–Kier alpha value is -1.26. The lowest BCUT2D eigenvalue weighted by Gasteiger charge is -2.16. The van der Waals surface area contributed by atoms with Crippen LogP contribution in [0.3, 0.4) is 0 Å². The van der Waals surface area contributed by atoms with Crippen molar-refractivity contribution < 1.29 is 0 Å². The lowest BCUT2D eigenvalue weighted by Crippen LogP contribution is -2.25. The Bertz CT molecular complexity index is 574. The van der Waals surface area contributed by atoms with E-state index in [-0.39, 0.29) is 0 Å². The van der Waals surface area contributed by atoms with Crippen LogP contribution in [-0.4, -0.2) is 34.1 Å². The van der Waals surface area contributed by atoms with E-state index in [1.165, 1.54) is 12.8 Å². The topological polar surface area (TPSA) is 47.1 Å². The summed E-state index contributed by atoms with van der Waals surface area (Å²) in [6.07, 6.45) is 2.65. The highest BCUT2D eigenvalue weighted by Gasteiger charge is 2.25. The monoisotopic (exact) mass is 264 g/mol. The molecule has 3 rings (SSSR count). The molecule has 1 saturated carbocycles. The Kier molecular flexibility index (Phi) is 2.92. The number of nitrogen functional groups attached to an aromatic ring is 1. The molecule has 0 unspecified atom stereocenters. The first kappa shape index (κ1) is 11.8.